The monoisotopic (exact) mass is 202 g/mol. The third-order valence-corrected chi connectivity index (χ3v) is 2.51. The first-order valence-electron chi connectivity index (χ1n) is 4.40. The third-order valence-electron chi connectivity index (χ3n) is 1.98. The molecule has 0 aromatic rings. The van der Waals surface area contributed by atoms with Gasteiger partial charge in [-0.25, -0.2) is 4.79 Å². The van der Waals surface area contributed by atoms with Gasteiger partial charge in [-0.2, -0.15) is 12.6 Å². The van der Waals surface area contributed by atoms with Crippen molar-refractivity contribution in [2.45, 2.75) is 31.1 Å². The fraction of sp³-hybridized carbons (Fsp3) is 0.667. The zero-order valence-corrected chi connectivity index (χ0v) is 8.46. The Morgan fingerprint density at radius 1 is 1.77 bits per heavy atom. The summed E-state index contributed by atoms with van der Waals surface area (Å²) in [6.07, 6.45) is 2.40. The molecule has 1 N–H and O–H groups in total. The Morgan fingerprint density at radius 3 is 3.08 bits per heavy atom. The number of ether oxygens (including phenoxy) is 1. The molecule has 0 aliphatic heterocycles. The number of aliphatic hydroxyl groups is 1. The van der Waals surface area contributed by atoms with E-state index in [4.69, 9.17) is 4.74 Å². The summed E-state index contributed by atoms with van der Waals surface area (Å²) in [5, 5.41) is 9.20. The summed E-state index contributed by atoms with van der Waals surface area (Å²) in [6.45, 7) is 2.11. The maximum Gasteiger partial charge on any atom is 0.334 e. The summed E-state index contributed by atoms with van der Waals surface area (Å²) < 4.78 is 4.83. The molecule has 0 heterocycles. The minimum Gasteiger partial charge on any atom is -0.463 e. The number of esters is 1. The fourth-order valence-electron chi connectivity index (χ4n) is 1.30. The normalized spacial score (nSPS) is 28.1. The molecule has 0 saturated heterocycles. The van der Waals surface area contributed by atoms with Crippen LogP contribution in [0.15, 0.2) is 11.6 Å². The fourth-order valence-corrected chi connectivity index (χ4v) is 1.64. The average Bonchev–Trinajstić information content (AvgIpc) is 2.09. The molecule has 0 amide bonds. The molecule has 0 saturated carbocycles. The largest absolute Gasteiger partial charge is 0.463 e. The topological polar surface area (TPSA) is 46.5 Å². The Kier molecular flexibility index (Phi) is 3.81. The highest BCUT2D eigenvalue weighted by atomic mass is 32.1. The van der Waals surface area contributed by atoms with Crippen molar-refractivity contribution in [2.24, 2.45) is 0 Å². The lowest BCUT2D eigenvalue weighted by Gasteiger charge is -2.21. The van der Waals surface area contributed by atoms with E-state index in [1.165, 1.54) is 0 Å². The molecule has 0 spiro atoms. The number of hydrogen-bond acceptors (Lipinski definition) is 4. The Morgan fingerprint density at radius 2 is 2.46 bits per heavy atom. The summed E-state index contributed by atoms with van der Waals surface area (Å²) in [7, 11) is 0. The first-order valence-corrected chi connectivity index (χ1v) is 4.91. The summed E-state index contributed by atoms with van der Waals surface area (Å²) in [5.74, 6) is -0.360. The van der Waals surface area contributed by atoms with Crippen LogP contribution in [0.1, 0.15) is 19.8 Å². The van der Waals surface area contributed by atoms with Gasteiger partial charge in [0.05, 0.1) is 12.7 Å². The SMILES string of the molecule is CCOC(=O)C1=CC(O)CCC1S. The van der Waals surface area contributed by atoms with E-state index in [0.29, 0.717) is 18.6 Å². The maximum atomic E-state index is 11.3. The van der Waals surface area contributed by atoms with E-state index in [2.05, 4.69) is 12.6 Å². The van der Waals surface area contributed by atoms with E-state index >= 15 is 0 Å². The molecule has 2 unspecified atom stereocenters. The van der Waals surface area contributed by atoms with Gasteiger partial charge in [-0.1, -0.05) is 0 Å². The van der Waals surface area contributed by atoms with Crippen LogP contribution in [0, 0.1) is 0 Å². The van der Waals surface area contributed by atoms with Gasteiger partial charge in [0.25, 0.3) is 0 Å². The van der Waals surface area contributed by atoms with Crippen molar-refractivity contribution < 1.29 is 14.6 Å². The molecule has 1 aliphatic carbocycles. The van der Waals surface area contributed by atoms with Crippen LogP contribution in [0.2, 0.25) is 0 Å². The summed E-state index contributed by atoms with van der Waals surface area (Å²) in [4.78, 5) is 11.3. The quantitative estimate of drug-likeness (QED) is 0.517. The molecule has 0 fully saturated rings. The van der Waals surface area contributed by atoms with E-state index in [-0.39, 0.29) is 11.2 Å². The van der Waals surface area contributed by atoms with Crippen molar-refractivity contribution in [1.82, 2.24) is 0 Å². The van der Waals surface area contributed by atoms with Crippen molar-refractivity contribution in [3.05, 3.63) is 11.6 Å². The van der Waals surface area contributed by atoms with E-state index in [9.17, 15) is 9.90 Å². The lowest BCUT2D eigenvalue weighted by molar-refractivity contribution is -0.138. The molecule has 0 aromatic heterocycles. The van der Waals surface area contributed by atoms with Gasteiger partial charge < -0.3 is 9.84 Å². The van der Waals surface area contributed by atoms with E-state index in [1.807, 2.05) is 0 Å². The molecule has 2 atom stereocenters. The predicted octanol–water partition coefficient (Wildman–Crippen LogP) is 0.929. The first-order chi connectivity index (χ1) is 6.15. The molecule has 1 rings (SSSR count). The van der Waals surface area contributed by atoms with Crippen molar-refractivity contribution in [3.63, 3.8) is 0 Å². The van der Waals surface area contributed by atoms with Crippen LogP contribution in [0.5, 0.6) is 0 Å². The van der Waals surface area contributed by atoms with E-state index < -0.39 is 6.10 Å². The van der Waals surface area contributed by atoms with E-state index in [0.717, 1.165) is 6.42 Å². The Bertz CT molecular complexity index is 225. The number of carbonyl (C=O) groups is 1. The molecule has 0 aromatic carbocycles. The van der Waals surface area contributed by atoms with Crippen LogP contribution >= 0.6 is 12.6 Å². The minimum atomic E-state index is -0.525. The number of rotatable bonds is 2. The van der Waals surface area contributed by atoms with Crippen LogP contribution in [0.3, 0.4) is 0 Å². The summed E-state index contributed by atoms with van der Waals surface area (Å²) in [6, 6.07) is 0. The summed E-state index contributed by atoms with van der Waals surface area (Å²) >= 11 is 4.25. The predicted molar refractivity (Wildman–Crippen MR) is 52.7 cm³/mol. The van der Waals surface area contributed by atoms with Crippen molar-refractivity contribution in [3.8, 4) is 0 Å². The Labute approximate surface area is 83.2 Å². The van der Waals surface area contributed by atoms with Gasteiger partial charge in [-0.05, 0) is 25.8 Å². The molecule has 3 nitrogen and oxygen atoms in total. The smallest absolute Gasteiger partial charge is 0.334 e. The van der Waals surface area contributed by atoms with Crippen molar-refractivity contribution in [2.75, 3.05) is 6.61 Å². The van der Waals surface area contributed by atoms with Crippen LogP contribution in [-0.2, 0) is 9.53 Å². The summed E-state index contributed by atoms with van der Waals surface area (Å²) in [5.41, 5.74) is 0.490. The highest BCUT2D eigenvalue weighted by molar-refractivity contribution is 7.81. The van der Waals surface area contributed by atoms with E-state index in [1.54, 1.807) is 13.0 Å². The van der Waals surface area contributed by atoms with Gasteiger partial charge in [0.15, 0.2) is 0 Å². The second kappa shape index (κ2) is 4.67. The highest BCUT2D eigenvalue weighted by Crippen LogP contribution is 2.24. The van der Waals surface area contributed by atoms with Gasteiger partial charge in [0.2, 0.25) is 0 Å². The lowest BCUT2D eigenvalue weighted by Crippen LogP contribution is -2.24. The minimum absolute atomic E-state index is 0.0950. The van der Waals surface area contributed by atoms with Crippen LogP contribution in [-0.4, -0.2) is 29.0 Å². The lowest BCUT2D eigenvalue weighted by atomic mass is 9.97. The highest BCUT2D eigenvalue weighted by Gasteiger charge is 2.24. The molecule has 4 heteroatoms. The molecule has 0 bridgehead atoms. The van der Waals surface area contributed by atoms with Gasteiger partial charge in [0, 0.05) is 10.8 Å². The zero-order valence-electron chi connectivity index (χ0n) is 7.56. The van der Waals surface area contributed by atoms with Gasteiger partial charge in [0.1, 0.15) is 0 Å². The second-order valence-electron chi connectivity index (χ2n) is 3.00. The van der Waals surface area contributed by atoms with Gasteiger partial charge >= 0.3 is 5.97 Å². The molecule has 13 heavy (non-hydrogen) atoms. The Balaban J connectivity index is 2.69. The molecular formula is C9H14O3S. The second-order valence-corrected chi connectivity index (χ2v) is 3.63. The first kappa shape index (κ1) is 10.6. The number of carbonyl (C=O) groups excluding carboxylic acids is 1. The van der Waals surface area contributed by atoms with Crippen molar-refractivity contribution >= 4 is 18.6 Å². The zero-order chi connectivity index (χ0) is 9.84. The molecule has 1 aliphatic rings. The molecule has 0 radical (unpaired) electrons. The Hall–Kier alpha value is -0.480. The molecular weight excluding hydrogens is 188 g/mol. The van der Waals surface area contributed by atoms with Gasteiger partial charge in [-0.15, -0.1) is 0 Å². The van der Waals surface area contributed by atoms with Crippen LogP contribution in [0.4, 0.5) is 0 Å². The molecule has 74 valence electrons. The number of aliphatic hydroxyl groups excluding tert-OH is 1. The number of hydrogen-bond donors (Lipinski definition) is 2. The van der Waals surface area contributed by atoms with Gasteiger partial charge in [-0.3, -0.25) is 0 Å². The number of thiol groups is 1. The standard InChI is InChI=1S/C9H14O3S/c1-2-12-9(11)7-5-6(10)3-4-8(7)13/h5-6,8,10,13H,2-4H2,1H3. The van der Waals surface area contributed by atoms with Crippen molar-refractivity contribution in [1.29, 1.82) is 0 Å². The average molecular weight is 202 g/mol. The maximum absolute atomic E-state index is 11.3. The van der Waals surface area contributed by atoms with Crippen LogP contribution in [0.25, 0.3) is 0 Å². The van der Waals surface area contributed by atoms with Crippen LogP contribution < -0.4 is 0 Å². The third kappa shape index (κ3) is 2.74.